The molecule has 9 N–H and O–H groups in total. The molecule has 3 atom stereocenters. The highest BCUT2D eigenvalue weighted by Crippen LogP contribution is 2.12. The Labute approximate surface area is 280 Å². The van der Waals surface area contributed by atoms with Crippen LogP contribution in [-0.4, -0.2) is 65.8 Å². The molecule has 0 unspecified atom stereocenters. The monoisotopic (exact) mass is 665 g/mol. The molecule has 14 heteroatoms. The molecule has 48 heavy (non-hydrogen) atoms. The van der Waals surface area contributed by atoms with Gasteiger partial charge in [0.2, 0.25) is 11.8 Å². The van der Waals surface area contributed by atoms with Crippen molar-refractivity contribution in [1.29, 1.82) is 0 Å². The summed E-state index contributed by atoms with van der Waals surface area (Å²) in [6.45, 7) is 7.24. The Morgan fingerprint density at radius 1 is 0.896 bits per heavy atom. The van der Waals surface area contributed by atoms with E-state index in [1.54, 1.807) is 38.1 Å². The summed E-state index contributed by atoms with van der Waals surface area (Å²) in [6.07, 6.45) is 1.85. The lowest BCUT2D eigenvalue weighted by atomic mass is 10.0. The molecule has 0 saturated heterocycles. The summed E-state index contributed by atoms with van der Waals surface area (Å²) in [5.74, 6) is -2.64. The van der Waals surface area contributed by atoms with Crippen LogP contribution < -0.4 is 32.7 Å². The SMILES string of the molecule is CC(C)/C=C(\NC(=O)OCc1ccccc1)C(=O)N[C@H](C(=O)N[C@@H](CCCN=C(N)N)C(=O)N[C@H](C=O)Cc1ccc(O)cc1)C(C)C. The summed E-state index contributed by atoms with van der Waals surface area (Å²) in [7, 11) is 0. The van der Waals surface area contributed by atoms with Gasteiger partial charge in [-0.25, -0.2) is 4.79 Å². The van der Waals surface area contributed by atoms with Gasteiger partial charge in [-0.15, -0.1) is 0 Å². The van der Waals surface area contributed by atoms with E-state index in [1.807, 2.05) is 32.0 Å². The molecule has 0 heterocycles. The second kappa shape index (κ2) is 20.0. The van der Waals surface area contributed by atoms with Gasteiger partial charge in [0.25, 0.3) is 5.91 Å². The molecule has 0 aliphatic heterocycles. The van der Waals surface area contributed by atoms with Crippen LogP contribution in [0, 0.1) is 11.8 Å². The zero-order valence-corrected chi connectivity index (χ0v) is 27.8. The Morgan fingerprint density at radius 2 is 1.56 bits per heavy atom. The molecule has 0 fully saturated rings. The number of carbonyl (C=O) groups excluding carboxylic acids is 5. The number of carbonyl (C=O) groups is 5. The van der Waals surface area contributed by atoms with Gasteiger partial charge in [-0.05, 0) is 54.4 Å². The van der Waals surface area contributed by atoms with Crippen molar-refractivity contribution in [2.45, 2.75) is 71.7 Å². The molecule has 2 rings (SSSR count). The highest BCUT2D eigenvalue weighted by molar-refractivity contribution is 5.99. The largest absolute Gasteiger partial charge is 0.508 e. The molecule has 0 aliphatic carbocycles. The van der Waals surface area contributed by atoms with Gasteiger partial charge in [-0.2, -0.15) is 0 Å². The summed E-state index contributed by atoms with van der Waals surface area (Å²) in [6, 6.07) is 12.1. The highest BCUT2D eigenvalue weighted by atomic mass is 16.5. The van der Waals surface area contributed by atoms with Crippen molar-refractivity contribution < 1.29 is 33.8 Å². The number of benzene rings is 2. The van der Waals surface area contributed by atoms with E-state index in [2.05, 4.69) is 26.3 Å². The third-order valence-electron chi connectivity index (χ3n) is 6.89. The number of aldehydes is 1. The first-order valence-electron chi connectivity index (χ1n) is 15.7. The fourth-order valence-corrected chi connectivity index (χ4v) is 4.47. The maximum Gasteiger partial charge on any atom is 0.412 e. The molecule has 2 aromatic carbocycles. The third kappa shape index (κ3) is 14.4. The molecule has 14 nitrogen and oxygen atoms in total. The number of hydrogen-bond acceptors (Lipinski definition) is 8. The first-order valence-corrected chi connectivity index (χ1v) is 15.7. The second-order valence-electron chi connectivity index (χ2n) is 11.8. The van der Waals surface area contributed by atoms with Gasteiger partial charge in [0.05, 0.1) is 6.04 Å². The van der Waals surface area contributed by atoms with Crippen LogP contribution in [0.25, 0.3) is 0 Å². The van der Waals surface area contributed by atoms with E-state index in [0.717, 1.165) is 5.56 Å². The molecule has 4 amide bonds. The molecule has 0 spiro atoms. The van der Waals surface area contributed by atoms with Crippen molar-refractivity contribution in [2.24, 2.45) is 28.3 Å². The second-order valence-corrected chi connectivity index (χ2v) is 11.8. The van der Waals surface area contributed by atoms with Crippen LogP contribution in [0.5, 0.6) is 5.75 Å². The van der Waals surface area contributed by atoms with E-state index >= 15 is 0 Å². The standard InChI is InChI=1S/C34H47N7O7/c1-21(2)17-28(40-34(47)48-20-24-9-6-5-7-10-24)31(45)41-29(22(3)4)32(46)39-27(11-8-16-37-33(35)36)30(44)38-25(19-42)18-23-12-14-26(43)15-13-23/h5-7,9-10,12-15,17,19,21-22,25,27,29,43H,8,11,16,18,20H2,1-4H3,(H,38,44)(H,39,46)(H,40,47)(H,41,45)(H4,35,36,37)/b28-17-/t25-,27-,29-/m0/s1. The minimum Gasteiger partial charge on any atom is -0.508 e. The topological polar surface area (TPSA) is 227 Å². The van der Waals surface area contributed by atoms with Crippen LogP contribution in [0.4, 0.5) is 4.79 Å². The molecule has 0 bridgehead atoms. The minimum atomic E-state index is -1.11. The summed E-state index contributed by atoms with van der Waals surface area (Å²) < 4.78 is 5.26. The van der Waals surface area contributed by atoms with Crippen LogP contribution in [0.2, 0.25) is 0 Å². The molecule has 0 saturated carbocycles. The number of nitrogens with one attached hydrogen (secondary N) is 4. The molecular weight excluding hydrogens is 618 g/mol. The number of nitrogens with two attached hydrogens (primary N) is 2. The number of ether oxygens (including phenoxy) is 1. The Bertz CT molecular complexity index is 1420. The van der Waals surface area contributed by atoms with Gasteiger partial charge in [-0.3, -0.25) is 24.7 Å². The van der Waals surface area contributed by atoms with Gasteiger partial charge in [-0.1, -0.05) is 76.2 Å². The molecule has 260 valence electrons. The molecule has 0 radical (unpaired) electrons. The lowest BCUT2D eigenvalue weighted by Crippen LogP contribution is -2.57. The fourth-order valence-electron chi connectivity index (χ4n) is 4.47. The quantitative estimate of drug-likeness (QED) is 0.0404. The average molecular weight is 666 g/mol. The number of rotatable bonds is 18. The maximum absolute atomic E-state index is 13.6. The number of phenols is 1. The Balaban J connectivity index is 2.17. The molecule has 0 aliphatic rings. The first-order chi connectivity index (χ1) is 22.8. The normalized spacial score (nSPS) is 13.1. The van der Waals surface area contributed by atoms with E-state index in [0.29, 0.717) is 18.3 Å². The van der Waals surface area contributed by atoms with Crippen molar-refractivity contribution in [2.75, 3.05) is 6.54 Å². The number of aliphatic imine (C=N–C) groups is 1. The van der Waals surface area contributed by atoms with Gasteiger partial charge in [0.15, 0.2) is 5.96 Å². The fraction of sp³-hybridized carbons (Fsp3) is 0.412. The predicted octanol–water partition coefficient (Wildman–Crippen LogP) is 1.76. The lowest BCUT2D eigenvalue weighted by Gasteiger charge is -2.26. The number of guanidine groups is 1. The number of phenolic OH excluding ortho intramolecular Hbond substituents is 1. The van der Waals surface area contributed by atoms with Crippen LogP contribution in [-0.2, 0) is 36.9 Å². The Hall–Kier alpha value is -5.40. The van der Waals surface area contributed by atoms with Gasteiger partial charge in [0, 0.05) is 6.54 Å². The average Bonchev–Trinajstić information content (AvgIpc) is 3.04. The highest BCUT2D eigenvalue weighted by Gasteiger charge is 2.30. The van der Waals surface area contributed by atoms with Crippen molar-refractivity contribution in [3.05, 3.63) is 77.5 Å². The van der Waals surface area contributed by atoms with E-state index in [9.17, 15) is 29.1 Å². The number of amides is 4. The number of allylic oxidation sites excluding steroid dienone is 1. The molecule has 0 aromatic heterocycles. The van der Waals surface area contributed by atoms with Crippen LogP contribution in [0.15, 0.2) is 71.4 Å². The summed E-state index contributed by atoms with van der Waals surface area (Å²) in [4.78, 5) is 68.7. The van der Waals surface area contributed by atoms with Crippen molar-refractivity contribution in [1.82, 2.24) is 21.3 Å². The Kier molecular flexibility index (Phi) is 16.1. The van der Waals surface area contributed by atoms with Crippen molar-refractivity contribution in [3.63, 3.8) is 0 Å². The van der Waals surface area contributed by atoms with Crippen molar-refractivity contribution >= 4 is 36.1 Å². The number of nitrogens with zero attached hydrogens (tertiary/aromatic N) is 1. The number of alkyl carbamates (subject to hydrolysis) is 1. The Morgan fingerprint density at radius 3 is 2.15 bits per heavy atom. The zero-order valence-electron chi connectivity index (χ0n) is 27.8. The van der Waals surface area contributed by atoms with E-state index in [-0.39, 0.29) is 49.3 Å². The molecular formula is C34H47N7O7. The number of aromatic hydroxyl groups is 1. The van der Waals surface area contributed by atoms with E-state index in [4.69, 9.17) is 16.2 Å². The van der Waals surface area contributed by atoms with Crippen LogP contribution in [0.1, 0.15) is 51.7 Å². The van der Waals surface area contributed by atoms with Crippen molar-refractivity contribution in [3.8, 4) is 5.75 Å². The van der Waals surface area contributed by atoms with Crippen LogP contribution >= 0.6 is 0 Å². The predicted molar refractivity (Wildman–Crippen MR) is 181 cm³/mol. The number of hydrogen-bond donors (Lipinski definition) is 7. The van der Waals surface area contributed by atoms with Gasteiger partial charge < -0.3 is 42.1 Å². The van der Waals surface area contributed by atoms with Gasteiger partial charge >= 0.3 is 6.09 Å². The first kappa shape index (κ1) is 38.8. The summed E-state index contributed by atoms with van der Waals surface area (Å²) in [5.41, 5.74) is 12.2. The van der Waals surface area contributed by atoms with Gasteiger partial charge in [0.1, 0.15) is 36.4 Å². The summed E-state index contributed by atoms with van der Waals surface area (Å²) >= 11 is 0. The smallest absolute Gasteiger partial charge is 0.412 e. The van der Waals surface area contributed by atoms with E-state index in [1.165, 1.54) is 18.2 Å². The zero-order chi connectivity index (χ0) is 35.6. The summed E-state index contributed by atoms with van der Waals surface area (Å²) in [5, 5.41) is 20.0. The maximum atomic E-state index is 13.6. The van der Waals surface area contributed by atoms with Crippen LogP contribution in [0.3, 0.4) is 0 Å². The molecule has 2 aromatic rings. The third-order valence-corrected chi connectivity index (χ3v) is 6.89. The van der Waals surface area contributed by atoms with E-state index < -0.39 is 47.9 Å². The lowest BCUT2D eigenvalue weighted by molar-refractivity contribution is -0.133. The minimum absolute atomic E-state index is 0.00713.